The Hall–Kier alpha value is -1.35. The van der Waals surface area contributed by atoms with Crippen LogP contribution in [0.1, 0.15) is 52.5 Å². The summed E-state index contributed by atoms with van der Waals surface area (Å²) >= 11 is 5.88. The molecule has 1 fully saturated rings. The van der Waals surface area contributed by atoms with Gasteiger partial charge < -0.3 is 4.74 Å². The van der Waals surface area contributed by atoms with Crippen molar-refractivity contribution in [3.63, 3.8) is 0 Å². The van der Waals surface area contributed by atoms with Crippen molar-refractivity contribution in [1.29, 1.82) is 0 Å². The Bertz CT molecular complexity index is 555. The van der Waals surface area contributed by atoms with E-state index in [0.29, 0.717) is 10.9 Å². The number of esters is 1. The predicted molar refractivity (Wildman–Crippen MR) is 90.6 cm³/mol. The van der Waals surface area contributed by atoms with Crippen LogP contribution in [0.15, 0.2) is 29.3 Å². The molecule has 1 saturated carbocycles. The van der Waals surface area contributed by atoms with E-state index in [1.54, 1.807) is 6.21 Å². The van der Waals surface area contributed by atoms with E-state index in [4.69, 9.17) is 16.3 Å². The summed E-state index contributed by atoms with van der Waals surface area (Å²) in [6, 6.07) is 7.40. The minimum Gasteiger partial charge on any atom is -0.458 e. The summed E-state index contributed by atoms with van der Waals surface area (Å²) in [7, 11) is 0. The van der Waals surface area contributed by atoms with Crippen LogP contribution in [-0.4, -0.2) is 23.3 Å². The first-order valence-corrected chi connectivity index (χ1v) is 8.10. The Morgan fingerprint density at radius 1 is 1.27 bits per heavy atom. The van der Waals surface area contributed by atoms with Crippen molar-refractivity contribution >= 4 is 23.8 Å². The molecular weight excluding hydrogens is 298 g/mol. The lowest BCUT2D eigenvalue weighted by Gasteiger charge is -2.28. The molecule has 1 unspecified atom stereocenters. The summed E-state index contributed by atoms with van der Waals surface area (Å²) in [6.07, 6.45) is 4.83. The van der Waals surface area contributed by atoms with Crippen molar-refractivity contribution in [2.45, 2.75) is 58.1 Å². The first kappa shape index (κ1) is 17.0. The molecule has 4 heteroatoms. The summed E-state index contributed by atoms with van der Waals surface area (Å²) in [5, 5.41) is 0.685. The first-order valence-electron chi connectivity index (χ1n) is 7.72. The molecule has 0 N–H and O–H groups in total. The van der Waals surface area contributed by atoms with Crippen molar-refractivity contribution in [2.24, 2.45) is 10.9 Å². The molecule has 3 nitrogen and oxygen atoms in total. The fourth-order valence-corrected chi connectivity index (χ4v) is 2.35. The molecule has 1 atom stereocenters. The largest absolute Gasteiger partial charge is 0.458 e. The molecule has 2 rings (SSSR count). The highest BCUT2D eigenvalue weighted by Gasteiger charge is 2.41. The highest BCUT2D eigenvalue weighted by molar-refractivity contribution is 6.30. The highest BCUT2D eigenvalue weighted by Crippen LogP contribution is 2.39. The normalized spacial score (nSPS) is 18.2. The average molecular weight is 322 g/mol. The minimum absolute atomic E-state index is 0.253. The Kier molecular flexibility index (Phi) is 4.96. The number of halogens is 1. The summed E-state index contributed by atoms with van der Waals surface area (Å²) in [6.45, 7) is 7.51. The van der Waals surface area contributed by atoms with E-state index in [2.05, 4.69) is 4.99 Å². The molecule has 22 heavy (non-hydrogen) atoms. The van der Waals surface area contributed by atoms with Crippen LogP contribution in [0.4, 0.5) is 0 Å². The summed E-state index contributed by atoms with van der Waals surface area (Å²) in [5.74, 6) is 0.331. The Morgan fingerprint density at radius 3 is 2.36 bits per heavy atom. The lowest BCUT2D eigenvalue weighted by atomic mass is 9.95. The van der Waals surface area contributed by atoms with Crippen molar-refractivity contribution in [3.05, 3.63) is 34.9 Å². The molecule has 0 spiro atoms. The van der Waals surface area contributed by atoms with E-state index in [1.165, 1.54) is 12.8 Å². The number of hydrogen-bond donors (Lipinski definition) is 0. The quantitative estimate of drug-likeness (QED) is 0.584. The second kappa shape index (κ2) is 6.41. The van der Waals surface area contributed by atoms with E-state index in [1.807, 2.05) is 52.0 Å². The van der Waals surface area contributed by atoms with Gasteiger partial charge in [-0.05, 0) is 57.7 Å². The number of aliphatic imine (C=N–C) groups is 1. The Morgan fingerprint density at radius 2 is 1.86 bits per heavy atom. The number of hydrogen-bond acceptors (Lipinski definition) is 3. The molecule has 0 aliphatic heterocycles. The lowest BCUT2D eigenvalue weighted by Crippen LogP contribution is -2.40. The van der Waals surface area contributed by atoms with Crippen molar-refractivity contribution in [2.75, 3.05) is 0 Å². The van der Waals surface area contributed by atoms with Gasteiger partial charge in [0.1, 0.15) is 5.60 Å². The van der Waals surface area contributed by atoms with Crippen LogP contribution in [0.5, 0.6) is 0 Å². The third-order valence-corrected chi connectivity index (χ3v) is 3.84. The van der Waals surface area contributed by atoms with Crippen molar-refractivity contribution < 1.29 is 9.53 Å². The van der Waals surface area contributed by atoms with Crippen molar-refractivity contribution in [1.82, 2.24) is 0 Å². The Labute approximate surface area is 137 Å². The minimum atomic E-state index is -0.825. The topological polar surface area (TPSA) is 38.7 Å². The molecule has 0 saturated heterocycles. The van der Waals surface area contributed by atoms with Crippen molar-refractivity contribution in [3.8, 4) is 0 Å². The van der Waals surface area contributed by atoms with Crippen LogP contribution in [0, 0.1) is 5.92 Å². The number of rotatable bonds is 5. The maximum Gasteiger partial charge on any atom is 0.334 e. The zero-order valence-corrected chi connectivity index (χ0v) is 14.5. The maximum atomic E-state index is 12.6. The average Bonchev–Trinajstić information content (AvgIpc) is 3.20. The standard InChI is InChI=1S/C18H24ClNO2/c1-17(2,3)22-16(21)18(4,11-13-5-6-13)20-12-14-7-9-15(19)10-8-14/h7-10,12-13H,5-6,11H2,1-4H3. The van der Waals surface area contributed by atoms with Gasteiger partial charge in [0.25, 0.3) is 0 Å². The molecule has 1 aliphatic rings. The zero-order chi connectivity index (χ0) is 16.4. The van der Waals surface area contributed by atoms with Gasteiger partial charge in [-0.3, -0.25) is 4.99 Å². The number of ether oxygens (including phenoxy) is 1. The highest BCUT2D eigenvalue weighted by atomic mass is 35.5. The lowest BCUT2D eigenvalue weighted by molar-refractivity contribution is -0.161. The predicted octanol–water partition coefficient (Wildman–Crippen LogP) is 4.66. The van der Waals surface area contributed by atoms with Gasteiger partial charge in [0.05, 0.1) is 0 Å². The molecule has 120 valence electrons. The van der Waals surface area contributed by atoms with Gasteiger partial charge in [-0.2, -0.15) is 0 Å². The van der Waals surface area contributed by atoms with E-state index in [0.717, 1.165) is 12.0 Å². The zero-order valence-electron chi connectivity index (χ0n) is 13.7. The number of carbonyl (C=O) groups excluding carboxylic acids is 1. The molecule has 1 aromatic rings. The molecule has 0 bridgehead atoms. The molecular formula is C18H24ClNO2. The Balaban J connectivity index is 2.16. The molecule has 1 aromatic carbocycles. The monoisotopic (exact) mass is 321 g/mol. The van der Waals surface area contributed by atoms with Gasteiger partial charge in [-0.1, -0.05) is 36.6 Å². The summed E-state index contributed by atoms with van der Waals surface area (Å²) in [5.41, 5.74) is -0.402. The van der Waals surface area contributed by atoms with Crippen LogP contribution in [0.3, 0.4) is 0 Å². The number of nitrogens with zero attached hydrogens (tertiary/aromatic N) is 1. The molecule has 0 radical (unpaired) electrons. The fourth-order valence-electron chi connectivity index (χ4n) is 2.23. The van der Waals surface area contributed by atoms with E-state index in [9.17, 15) is 4.79 Å². The van der Waals surface area contributed by atoms with Gasteiger partial charge in [0, 0.05) is 11.2 Å². The third kappa shape index (κ3) is 5.13. The van der Waals surface area contributed by atoms with E-state index < -0.39 is 11.1 Å². The maximum absolute atomic E-state index is 12.6. The smallest absolute Gasteiger partial charge is 0.334 e. The van der Waals surface area contributed by atoms with E-state index in [-0.39, 0.29) is 5.97 Å². The van der Waals surface area contributed by atoms with Gasteiger partial charge in [0.2, 0.25) is 0 Å². The second-order valence-electron chi connectivity index (χ2n) is 7.23. The number of benzene rings is 1. The molecule has 0 heterocycles. The number of carbonyl (C=O) groups is 1. The molecule has 0 aromatic heterocycles. The van der Waals surface area contributed by atoms with Crippen LogP contribution in [0.2, 0.25) is 5.02 Å². The van der Waals surface area contributed by atoms with E-state index >= 15 is 0 Å². The second-order valence-corrected chi connectivity index (χ2v) is 7.67. The van der Waals surface area contributed by atoms with Gasteiger partial charge >= 0.3 is 5.97 Å². The third-order valence-electron chi connectivity index (χ3n) is 3.59. The van der Waals surface area contributed by atoms with Crippen LogP contribution in [0.25, 0.3) is 0 Å². The van der Waals surface area contributed by atoms with Crippen LogP contribution < -0.4 is 0 Å². The first-order chi connectivity index (χ1) is 10.2. The van der Waals surface area contributed by atoms with Gasteiger partial charge in [-0.25, -0.2) is 4.79 Å². The summed E-state index contributed by atoms with van der Waals surface area (Å²) < 4.78 is 5.57. The SMILES string of the molecule is CC(C)(C)OC(=O)C(C)(CC1CC1)N=Cc1ccc(Cl)cc1. The van der Waals surface area contributed by atoms with Crippen LogP contribution >= 0.6 is 11.6 Å². The van der Waals surface area contributed by atoms with Crippen LogP contribution in [-0.2, 0) is 9.53 Å². The summed E-state index contributed by atoms with van der Waals surface area (Å²) in [4.78, 5) is 17.1. The van der Waals surface area contributed by atoms with Gasteiger partial charge in [-0.15, -0.1) is 0 Å². The molecule has 0 amide bonds. The van der Waals surface area contributed by atoms with Gasteiger partial charge in [0.15, 0.2) is 5.54 Å². The fraction of sp³-hybridized carbons (Fsp3) is 0.556. The molecule has 1 aliphatic carbocycles.